The molecule has 1 atom stereocenters. The quantitative estimate of drug-likeness (QED) is 0.552. The molecule has 9 nitrogen and oxygen atoms in total. The van der Waals surface area contributed by atoms with Crippen molar-refractivity contribution in [1.29, 1.82) is 0 Å². The van der Waals surface area contributed by atoms with Crippen molar-refractivity contribution in [2.75, 3.05) is 23.8 Å². The molecule has 170 valence electrons. The molecule has 0 spiro atoms. The van der Waals surface area contributed by atoms with Gasteiger partial charge < -0.3 is 20.1 Å². The number of nitrogens with zero attached hydrogens (tertiary/aromatic N) is 1. The number of nitrogens with one attached hydrogen (secondary N) is 2. The van der Waals surface area contributed by atoms with Crippen LogP contribution in [0.1, 0.15) is 26.7 Å². The predicted molar refractivity (Wildman–Crippen MR) is 120 cm³/mol. The van der Waals surface area contributed by atoms with Crippen LogP contribution in [0.25, 0.3) is 0 Å². The summed E-state index contributed by atoms with van der Waals surface area (Å²) in [4.78, 5) is 24.2. The first-order valence-corrected chi connectivity index (χ1v) is 11.6. The van der Waals surface area contributed by atoms with E-state index >= 15 is 0 Å². The summed E-state index contributed by atoms with van der Waals surface area (Å²) in [5.74, 6) is -0.310. The molecule has 2 N–H and O–H groups in total. The van der Waals surface area contributed by atoms with Gasteiger partial charge in [0.25, 0.3) is 15.9 Å². The van der Waals surface area contributed by atoms with E-state index in [1.54, 1.807) is 49.4 Å². The zero-order chi connectivity index (χ0) is 23.1. The first-order valence-electron chi connectivity index (χ1n) is 10.1. The third-order valence-electron chi connectivity index (χ3n) is 4.54. The largest absolute Gasteiger partial charge is 0.494 e. The molecule has 2 aromatic rings. The van der Waals surface area contributed by atoms with E-state index in [-0.39, 0.29) is 29.5 Å². The Morgan fingerprint density at radius 1 is 1.12 bits per heavy atom. The number of hydrogen-bond donors (Lipinski definition) is 2. The van der Waals surface area contributed by atoms with Gasteiger partial charge in [-0.3, -0.25) is 9.59 Å². The minimum absolute atomic E-state index is 0.0126. The summed E-state index contributed by atoms with van der Waals surface area (Å²) >= 11 is 0. The number of amides is 1. The van der Waals surface area contributed by atoms with Gasteiger partial charge in [0.15, 0.2) is 6.61 Å². The van der Waals surface area contributed by atoms with Crippen LogP contribution in [0.4, 0.5) is 11.4 Å². The molecule has 10 heteroatoms. The fourth-order valence-corrected chi connectivity index (χ4v) is 4.30. The molecule has 1 amide bonds. The SMILES string of the molecule is CCOc1ccc(NC(=O)COC(=O)CC(C)CC2=NS(=O)(=O)c3ccccc3N2)cc1. The molecule has 2 aromatic carbocycles. The van der Waals surface area contributed by atoms with Crippen LogP contribution in [0.3, 0.4) is 0 Å². The van der Waals surface area contributed by atoms with Crippen molar-refractivity contribution in [3.05, 3.63) is 48.5 Å². The lowest BCUT2D eigenvalue weighted by atomic mass is 10.0. The molecule has 1 heterocycles. The summed E-state index contributed by atoms with van der Waals surface area (Å²) in [5, 5.41) is 5.63. The second kappa shape index (κ2) is 10.3. The van der Waals surface area contributed by atoms with Crippen LogP contribution in [0.2, 0.25) is 0 Å². The fourth-order valence-electron chi connectivity index (χ4n) is 3.15. The Morgan fingerprint density at radius 2 is 1.84 bits per heavy atom. The zero-order valence-corrected chi connectivity index (χ0v) is 18.6. The van der Waals surface area contributed by atoms with Gasteiger partial charge in [-0.1, -0.05) is 19.1 Å². The molecule has 1 unspecified atom stereocenters. The van der Waals surface area contributed by atoms with Crippen LogP contribution in [0.5, 0.6) is 5.75 Å². The van der Waals surface area contributed by atoms with E-state index < -0.39 is 28.5 Å². The van der Waals surface area contributed by atoms with Crippen molar-refractivity contribution in [3.63, 3.8) is 0 Å². The summed E-state index contributed by atoms with van der Waals surface area (Å²) in [6.45, 7) is 3.79. The number of carbonyl (C=O) groups is 2. The number of anilines is 2. The number of sulfonamides is 1. The van der Waals surface area contributed by atoms with Crippen LogP contribution < -0.4 is 15.4 Å². The Morgan fingerprint density at radius 3 is 2.56 bits per heavy atom. The molecule has 0 saturated carbocycles. The minimum atomic E-state index is -3.77. The number of hydrogen-bond acceptors (Lipinski definition) is 7. The molecule has 1 aliphatic heterocycles. The summed E-state index contributed by atoms with van der Waals surface area (Å²) < 4.78 is 38.8. The maximum atomic E-state index is 12.3. The van der Waals surface area contributed by atoms with E-state index in [9.17, 15) is 18.0 Å². The normalized spacial score (nSPS) is 14.9. The van der Waals surface area contributed by atoms with E-state index in [1.165, 1.54) is 6.07 Å². The second-order valence-corrected chi connectivity index (χ2v) is 8.89. The van der Waals surface area contributed by atoms with Gasteiger partial charge >= 0.3 is 5.97 Å². The number of fused-ring (bicyclic) bond motifs is 1. The zero-order valence-electron chi connectivity index (χ0n) is 17.8. The van der Waals surface area contributed by atoms with Crippen molar-refractivity contribution in [2.45, 2.75) is 31.6 Å². The Bertz CT molecular complexity index is 1110. The fraction of sp³-hybridized carbons (Fsp3) is 0.318. The molecular weight excluding hydrogens is 434 g/mol. The van der Waals surface area contributed by atoms with Crippen molar-refractivity contribution in [1.82, 2.24) is 0 Å². The molecule has 0 radical (unpaired) electrons. The van der Waals surface area contributed by atoms with Crippen molar-refractivity contribution in [3.8, 4) is 5.75 Å². The molecule has 0 saturated heterocycles. The van der Waals surface area contributed by atoms with Crippen LogP contribution in [0.15, 0.2) is 57.8 Å². The minimum Gasteiger partial charge on any atom is -0.494 e. The Hall–Kier alpha value is -3.40. The topological polar surface area (TPSA) is 123 Å². The molecule has 0 aliphatic carbocycles. The Labute approximate surface area is 186 Å². The highest BCUT2D eigenvalue weighted by Crippen LogP contribution is 2.28. The van der Waals surface area contributed by atoms with Gasteiger partial charge in [0.1, 0.15) is 16.5 Å². The molecule has 0 aromatic heterocycles. The van der Waals surface area contributed by atoms with E-state index in [0.717, 1.165) is 0 Å². The number of para-hydroxylation sites is 1. The number of rotatable bonds is 9. The Kier molecular flexibility index (Phi) is 7.47. The average Bonchev–Trinajstić information content (AvgIpc) is 2.73. The highest BCUT2D eigenvalue weighted by molar-refractivity contribution is 7.90. The second-order valence-electron chi connectivity index (χ2n) is 7.31. The number of benzene rings is 2. The molecule has 3 rings (SSSR count). The summed E-state index contributed by atoms with van der Waals surface area (Å²) in [6.07, 6.45) is 0.250. The van der Waals surface area contributed by atoms with Crippen molar-refractivity contribution >= 4 is 39.1 Å². The molecular formula is C22H25N3O6S. The van der Waals surface area contributed by atoms with Crippen LogP contribution >= 0.6 is 0 Å². The van der Waals surface area contributed by atoms with Crippen LogP contribution in [0, 0.1) is 5.92 Å². The number of amidine groups is 1. The standard InChI is InChI=1S/C22H25N3O6S/c1-3-30-17-10-8-16(9-11-17)23-21(26)14-31-22(27)13-15(2)12-20-24-18-6-4-5-7-19(18)32(28,29)25-20/h4-11,15H,3,12-14H2,1-2H3,(H,23,26)(H,24,25). The monoisotopic (exact) mass is 459 g/mol. The molecule has 0 fully saturated rings. The third kappa shape index (κ3) is 6.30. The van der Waals surface area contributed by atoms with E-state index in [0.29, 0.717) is 23.7 Å². The number of esters is 1. The predicted octanol–water partition coefficient (Wildman–Crippen LogP) is 3.20. The maximum absolute atomic E-state index is 12.3. The summed E-state index contributed by atoms with van der Waals surface area (Å²) in [6, 6.07) is 13.3. The molecule has 0 bridgehead atoms. The average molecular weight is 460 g/mol. The van der Waals surface area contributed by atoms with Gasteiger partial charge in [-0.05, 0) is 49.2 Å². The van der Waals surface area contributed by atoms with Crippen molar-refractivity contribution < 1.29 is 27.5 Å². The van der Waals surface area contributed by atoms with Gasteiger partial charge in [-0.25, -0.2) is 0 Å². The van der Waals surface area contributed by atoms with E-state index in [4.69, 9.17) is 9.47 Å². The van der Waals surface area contributed by atoms with Gasteiger partial charge in [-0.2, -0.15) is 8.42 Å². The Balaban J connectivity index is 1.45. The van der Waals surface area contributed by atoms with Gasteiger partial charge in [0.05, 0.1) is 12.3 Å². The molecule has 32 heavy (non-hydrogen) atoms. The first-order chi connectivity index (χ1) is 15.3. The number of ether oxygens (including phenoxy) is 2. The highest BCUT2D eigenvalue weighted by atomic mass is 32.2. The van der Waals surface area contributed by atoms with Gasteiger partial charge in [-0.15, -0.1) is 4.40 Å². The third-order valence-corrected chi connectivity index (χ3v) is 5.92. The van der Waals surface area contributed by atoms with E-state index in [2.05, 4.69) is 15.0 Å². The lowest BCUT2D eigenvalue weighted by Crippen LogP contribution is -2.25. The molecule has 1 aliphatic rings. The lowest BCUT2D eigenvalue weighted by Gasteiger charge is -2.20. The van der Waals surface area contributed by atoms with Gasteiger partial charge in [0.2, 0.25) is 0 Å². The smallest absolute Gasteiger partial charge is 0.306 e. The maximum Gasteiger partial charge on any atom is 0.306 e. The number of carbonyl (C=O) groups excluding carboxylic acids is 2. The lowest BCUT2D eigenvalue weighted by molar-refractivity contribution is -0.148. The summed E-state index contributed by atoms with van der Waals surface area (Å²) in [5.41, 5.74) is 1.02. The van der Waals surface area contributed by atoms with Crippen molar-refractivity contribution in [2.24, 2.45) is 10.3 Å². The summed E-state index contributed by atoms with van der Waals surface area (Å²) in [7, 11) is -3.77. The highest BCUT2D eigenvalue weighted by Gasteiger charge is 2.25. The van der Waals surface area contributed by atoms with Crippen LogP contribution in [-0.4, -0.2) is 39.3 Å². The van der Waals surface area contributed by atoms with E-state index in [1.807, 2.05) is 6.92 Å². The first kappa shape index (κ1) is 23.3. The van der Waals surface area contributed by atoms with Crippen LogP contribution in [-0.2, 0) is 24.3 Å². The van der Waals surface area contributed by atoms with Gasteiger partial charge in [0, 0.05) is 18.5 Å².